The van der Waals surface area contributed by atoms with E-state index in [-0.39, 0.29) is 6.03 Å². The van der Waals surface area contributed by atoms with Gasteiger partial charge in [-0.3, -0.25) is 0 Å². The van der Waals surface area contributed by atoms with Gasteiger partial charge in [-0.1, -0.05) is 13.0 Å². The van der Waals surface area contributed by atoms with Crippen LogP contribution in [-0.2, 0) is 0 Å². The quantitative estimate of drug-likeness (QED) is 0.874. The molecule has 0 radical (unpaired) electrons. The Morgan fingerprint density at radius 1 is 1.45 bits per heavy atom. The molecule has 1 aromatic rings. The number of urea groups is 1. The van der Waals surface area contributed by atoms with Crippen molar-refractivity contribution in [3.05, 3.63) is 24.3 Å². The van der Waals surface area contributed by atoms with Crippen molar-refractivity contribution in [2.75, 3.05) is 37.0 Å². The van der Waals surface area contributed by atoms with Crippen LogP contribution >= 0.6 is 11.8 Å². The summed E-state index contributed by atoms with van der Waals surface area (Å²) in [5.41, 5.74) is 0.0830. The van der Waals surface area contributed by atoms with Crippen LogP contribution < -0.4 is 10.1 Å². The second-order valence-corrected chi connectivity index (χ2v) is 6.78. The molecule has 0 unspecified atom stereocenters. The van der Waals surface area contributed by atoms with Crippen LogP contribution in [0.2, 0.25) is 0 Å². The molecule has 1 heterocycles. The summed E-state index contributed by atoms with van der Waals surface area (Å²) in [6.07, 6.45) is 1.26. The summed E-state index contributed by atoms with van der Waals surface area (Å²) in [5, 5.41) is 13.3. The number of ether oxygens (including phenoxy) is 1. The van der Waals surface area contributed by atoms with E-state index in [2.05, 4.69) is 12.2 Å². The molecule has 6 heteroatoms. The number of thioether (sulfide) groups is 1. The van der Waals surface area contributed by atoms with Crippen molar-refractivity contribution in [1.29, 1.82) is 0 Å². The first-order chi connectivity index (χ1) is 10.6. The van der Waals surface area contributed by atoms with E-state index in [0.717, 1.165) is 11.5 Å². The number of carbonyl (C=O) groups is 1. The zero-order chi connectivity index (χ0) is 16.0. The van der Waals surface area contributed by atoms with Gasteiger partial charge in [-0.15, -0.1) is 0 Å². The molecule has 0 aliphatic carbocycles. The molecule has 1 aliphatic rings. The van der Waals surface area contributed by atoms with E-state index in [4.69, 9.17) is 4.74 Å². The molecular weight excluding hydrogens is 300 g/mol. The second kappa shape index (κ2) is 7.74. The Morgan fingerprint density at radius 2 is 2.18 bits per heavy atom. The second-order valence-electron chi connectivity index (χ2n) is 5.51. The van der Waals surface area contributed by atoms with E-state index in [1.54, 1.807) is 29.8 Å². The molecule has 1 saturated heterocycles. The smallest absolute Gasteiger partial charge is 0.321 e. The van der Waals surface area contributed by atoms with Crippen molar-refractivity contribution >= 4 is 23.5 Å². The first-order valence-electron chi connectivity index (χ1n) is 7.56. The van der Waals surface area contributed by atoms with Gasteiger partial charge in [0.15, 0.2) is 0 Å². The number of hydrogen-bond acceptors (Lipinski definition) is 4. The van der Waals surface area contributed by atoms with E-state index < -0.39 is 5.60 Å². The molecule has 5 nitrogen and oxygen atoms in total. The van der Waals surface area contributed by atoms with Crippen molar-refractivity contribution in [3.63, 3.8) is 0 Å². The van der Waals surface area contributed by atoms with Crippen molar-refractivity contribution in [2.24, 2.45) is 0 Å². The SMILES string of the molecule is CCSCC1(O)CCN(C(=O)Nc2cccc(OC)c2)CC1. The zero-order valence-corrected chi connectivity index (χ0v) is 14.0. The molecule has 0 aromatic heterocycles. The molecule has 2 N–H and O–H groups in total. The standard InChI is InChI=1S/C16H24N2O3S/c1-3-22-12-16(20)7-9-18(10-8-16)15(19)17-13-5-4-6-14(11-13)21-2/h4-6,11,20H,3,7-10,12H2,1-2H3,(H,17,19). The number of benzene rings is 1. The van der Waals surface area contributed by atoms with Gasteiger partial charge in [0, 0.05) is 30.6 Å². The van der Waals surface area contributed by atoms with E-state index in [1.807, 2.05) is 18.2 Å². The number of hydrogen-bond donors (Lipinski definition) is 2. The van der Waals surface area contributed by atoms with Gasteiger partial charge in [-0.25, -0.2) is 4.79 Å². The Morgan fingerprint density at radius 3 is 2.82 bits per heavy atom. The predicted octanol–water partition coefficient (Wildman–Crippen LogP) is 2.81. The Hall–Kier alpha value is -1.40. The number of nitrogens with one attached hydrogen (secondary N) is 1. The van der Waals surface area contributed by atoms with E-state index in [0.29, 0.717) is 37.4 Å². The highest BCUT2D eigenvalue weighted by molar-refractivity contribution is 7.99. The fourth-order valence-corrected chi connectivity index (χ4v) is 3.34. The summed E-state index contributed by atoms with van der Waals surface area (Å²) in [7, 11) is 1.60. The lowest BCUT2D eigenvalue weighted by atomic mass is 9.94. The number of amides is 2. The van der Waals surface area contributed by atoms with Crippen LogP contribution in [-0.4, -0.2) is 53.3 Å². The number of piperidine rings is 1. The number of likely N-dealkylation sites (tertiary alicyclic amines) is 1. The van der Waals surface area contributed by atoms with Gasteiger partial charge >= 0.3 is 6.03 Å². The van der Waals surface area contributed by atoms with Gasteiger partial charge in [-0.2, -0.15) is 11.8 Å². The van der Waals surface area contributed by atoms with E-state index in [1.165, 1.54) is 0 Å². The molecular formula is C16H24N2O3S. The van der Waals surface area contributed by atoms with Crippen molar-refractivity contribution in [2.45, 2.75) is 25.4 Å². The average molecular weight is 324 g/mol. The summed E-state index contributed by atoms with van der Waals surface area (Å²) >= 11 is 1.75. The van der Waals surface area contributed by atoms with Gasteiger partial charge in [0.2, 0.25) is 0 Å². The first kappa shape index (κ1) is 17.0. The maximum atomic E-state index is 12.3. The molecule has 0 bridgehead atoms. The highest BCUT2D eigenvalue weighted by Crippen LogP contribution is 2.26. The molecule has 0 saturated carbocycles. The van der Waals surface area contributed by atoms with Gasteiger partial charge in [0.25, 0.3) is 0 Å². The van der Waals surface area contributed by atoms with Crippen molar-refractivity contribution < 1.29 is 14.6 Å². The minimum Gasteiger partial charge on any atom is -0.497 e. The van der Waals surface area contributed by atoms with Crippen LogP contribution in [0, 0.1) is 0 Å². The van der Waals surface area contributed by atoms with Gasteiger partial charge in [0.1, 0.15) is 5.75 Å². The fraction of sp³-hybridized carbons (Fsp3) is 0.562. The Kier molecular flexibility index (Phi) is 5.97. The third-order valence-electron chi connectivity index (χ3n) is 3.88. The summed E-state index contributed by atoms with van der Waals surface area (Å²) < 4.78 is 5.15. The summed E-state index contributed by atoms with van der Waals surface area (Å²) in [5.74, 6) is 2.46. The minimum atomic E-state index is -0.632. The Bertz CT molecular complexity index is 502. The van der Waals surface area contributed by atoms with Crippen LogP contribution in [0.25, 0.3) is 0 Å². The number of rotatable bonds is 5. The number of carbonyl (C=O) groups excluding carboxylic acids is 1. The molecule has 1 fully saturated rings. The van der Waals surface area contributed by atoms with Crippen LogP contribution in [0.5, 0.6) is 5.75 Å². The Labute approximate surface area is 136 Å². The number of methoxy groups -OCH3 is 1. The zero-order valence-electron chi connectivity index (χ0n) is 13.2. The van der Waals surface area contributed by atoms with Crippen LogP contribution in [0.1, 0.15) is 19.8 Å². The van der Waals surface area contributed by atoms with Crippen molar-refractivity contribution in [3.8, 4) is 5.75 Å². The van der Waals surface area contributed by atoms with Gasteiger partial charge in [0.05, 0.1) is 12.7 Å². The molecule has 1 aliphatic heterocycles. The number of aliphatic hydroxyl groups is 1. The summed E-state index contributed by atoms with van der Waals surface area (Å²) in [6.45, 7) is 3.25. The molecule has 2 amide bonds. The normalized spacial score (nSPS) is 17.1. The first-order valence-corrected chi connectivity index (χ1v) is 8.72. The Balaban J connectivity index is 1.87. The lowest BCUT2D eigenvalue weighted by molar-refractivity contribution is 0.00999. The monoisotopic (exact) mass is 324 g/mol. The lowest BCUT2D eigenvalue weighted by Gasteiger charge is -2.38. The minimum absolute atomic E-state index is 0.126. The van der Waals surface area contributed by atoms with E-state index in [9.17, 15) is 9.90 Å². The highest BCUT2D eigenvalue weighted by atomic mass is 32.2. The third-order valence-corrected chi connectivity index (χ3v) is 5.03. The summed E-state index contributed by atoms with van der Waals surface area (Å²) in [4.78, 5) is 14.0. The number of anilines is 1. The van der Waals surface area contributed by atoms with E-state index >= 15 is 0 Å². The lowest BCUT2D eigenvalue weighted by Crippen LogP contribution is -2.49. The molecule has 2 rings (SSSR count). The molecule has 0 spiro atoms. The fourth-order valence-electron chi connectivity index (χ4n) is 2.47. The number of nitrogens with zero attached hydrogens (tertiary/aromatic N) is 1. The maximum absolute atomic E-state index is 12.3. The third kappa shape index (κ3) is 4.55. The predicted molar refractivity (Wildman–Crippen MR) is 90.8 cm³/mol. The van der Waals surface area contributed by atoms with Crippen LogP contribution in [0.4, 0.5) is 10.5 Å². The molecule has 22 heavy (non-hydrogen) atoms. The molecule has 0 atom stereocenters. The average Bonchev–Trinajstić information content (AvgIpc) is 2.54. The molecule has 122 valence electrons. The highest BCUT2D eigenvalue weighted by Gasteiger charge is 2.33. The van der Waals surface area contributed by atoms with Crippen molar-refractivity contribution in [1.82, 2.24) is 4.90 Å². The van der Waals surface area contributed by atoms with Gasteiger partial charge < -0.3 is 20.1 Å². The topological polar surface area (TPSA) is 61.8 Å². The largest absolute Gasteiger partial charge is 0.497 e. The van der Waals surface area contributed by atoms with Crippen LogP contribution in [0.15, 0.2) is 24.3 Å². The van der Waals surface area contributed by atoms with Crippen LogP contribution in [0.3, 0.4) is 0 Å². The molecule has 1 aromatic carbocycles. The summed E-state index contributed by atoms with van der Waals surface area (Å²) in [6, 6.07) is 7.17. The maximum Gasteiger partial charge on any atom is 0.321 e. The van der Waals surface area contributed by atoms with Gasteiger partial charge in [-0.05, 0) is 30.7 Å².